The first kappa shape index (κ1) is 21.3. The third-order valence-corrected chi connectivity index (χ3v) is 6.61. The zero-order valence-electron chi connectivity index (χ0n) is 20.2. The van der Waals surface area contributed by atoms with Crippen LogP contribution in [0, 0.1) is 0 Å². The van der Waals surface area contributed by atoms with E-state index in [1.165, 1.54) is 33.9 Å². The maximum Gasteiger partial charge on any atom is 0.0464 e. The van der Waals surface area contributed by atoms with Crippen molar-refractivity contribution in [2.75, 3.05) is 9.80 Å². The predicted octanol–water partition coefficient (Wildman–Crippen LogP) is 8.73. The molecule has 2 heteroatoms. The van der Waals surface area contributed by atoms with Crippen molar-refractivity contribution >= 4 is 28.4 Å². The first-order valence-electron chi connectivity index (χ1n) is 11.7. The third-order valence-electron chi connectivity index (χ3n) is 6.61. The van der Waals surface area contributed by atoms with Gasteiger partial charge in [0.25, 0.3) is 0 Å². The quantitative estimate of drug-likeness (QED) is 0.311. The van der Waals surface area contributed by atoms with Crippen LogP contribution in [0.1, 0.15) is 45.7 Å². The van der Waals surface area contributed by atoms with Crippen molar-refractivity contribution in [3.63, 3.8) is 0 Å². The van der Waals surface area contributed by atoms with Crippen LogP contribution in [0.3, 0.4) is 0 Å². The van der Waals surface area contributed by atoms with Gasteiger partial charge in [-0.25, -0.2) is 0 Å². The second-order valence-corrected chi connectivity index (χ2v) is 10.4. The zero-order valence-corrected chi connectivity index (χ0v) is 20.2. The maximum absolute atomic E-state index is 2.40. The summed E-state index contributed by atoms with van der Waals surface area (Å²) in [5, 5.41) is 0. The molecule has 0 bridgehead atoms. The molecule has 1 aliphatic rings. The summed E-state index contributed by atoms with van der Waals surface area (Å²) in [6.07, 6.45) is 0. The third kappa shape index (κ3) is 3.91. The van der Waals surface area contributed by atoms with E-state index in [1.807, 2.05) is 0 Å². The summed E-state index contributed by atoms with van der Waals surface area (Å²) >= 11 is 0. The molecular formula is C31H32N2. The molecule has 0 atom stereocenters. The van der Waals surface area contributed by atoms with Crippen molar-refractivity contribution in [1.82, 2.24) is 0 Å². The predicted molar refractivity (Wildman–Crippen MR) is 142 cm³/mol. The SMILES string of the molecule is CC1(C)c2ccc(N(c3ccccc3)c3ccc(N(c4ccccc4)C(C)(C)C)cc3)cc21. The van der Waals surface area contributed by atoms with E-state index in [0.29, 0.717) is 0 Å². The van der Waals surface area contributed by atoms with E-state index in [2.05, 4.69) is 148 Å². The Balaban J connectivity index is 1.56. The maximum atomic E-state index is 2.40. The Hall–Kier alpha value is -3.52. The van der Waals surface area contributed by atoms with Crippen LogP contribution in [0.2, 0.25) is 0 Å². The van der Waals surface area contributed by atoms with Crippen molar-refractivity contribution in [2.45, 2.75) is 45.6 Å². The van der Waals surface area contributed by atoms with Crippen LogP contribution < -0.4 is 9.80 Å². The lowest BCUT2D eigenvalue weighted by Crippen LogP contribution is -2.37. The van der Waals surface area contributed by atoms with Gasteiger partial charge in [0.1, 0.15) is 0 Å². The van der Waals surface area contributed by atoms with Gasteiger partial charge in [-0.15, -0.1) is 0 Å². The highest BCUT2D eigenvalue weighted by molar-refractivity contribution is 5.80. The fraction of sp³-hybridized carbons (Fsp3) is 0.226. The lowest BCUT2D eigenvalue weighted by Gasteiger charge is -2.38. The van der Waals surface area contributed by atoms with Crippen molar-refractivity contribution in [1.29, 1.82) is 0 Å². The Morgan fingerprint density at radius 1 is 0.515 bits per heavy atom. The highest BCUT2D eigenvalue weighted by Crippen LogP contribution is 2.51. The summed E-state index contributed by atoms with van der Waals surface area (Å²) in [6.45, 7) is 11.4. The van der Waals surface area contributed by atoms with E-state index >= 15 is 0 Å². The molecule has 0 unspecified atom stereocenters. The topological polar surface area (TPSA) is 6.48 Å². The molecule has 4 aromatic rings. The average molecular weight is 433 g/mol. The molecule has 0 radical (unpaired) electrons. The van der Waals surface area contributed by atoms with Crippen LogP contribution in [0.4, 0.5) is 28.4 Å². The second-order valence-electron chi connectivity index (χ2n) is 10.4. The summed E-state index contributed by atoms with van der Waals surface area (Å²) in [4.78, 5) is 4.75. The van der Waals surface area contributed by atoms with E-state index in [-0.39, 0.29) is 11.0 Å². The lowest BCUT2D eigenvalue weighted by molar-refractivity contribution is 0.560. The number of rotatable bonds is 5. The molecule has 0 spiro atoms. The fourth-order valence-electron chi connectivity index (χ4n) is 4.86. The molecule has 0 fully saturated rings. The standard InChI is InChI=1S/C31H32N2/c1-30(2,3)33(25-14-10-7-11-15-25)26-18-16-24(17-19-26)32(23-12-8-6-9-13-23)27-20-21-28-29(22-27)31(28,4)5/h6-22H,1-5H3. The zero-order chi connectivity index (χ0) is 23.2. The van der Waals surface area contributed by atoms with E-state index in [1.54, 1.807) is 0 Å². The van der Waals surface area contributed by atoms with Gasteiger partial charge in [-0.2, -0.15) is 0 Å². The molecular weight excluding hydrogens is 400 g/mol. The fourth-order valence-corrected chi connectivity index (χ4v) is 4.86. The smallest absolute Gasteiger partial charge is 0.0464 e. The molecule has 1 aliphatic carbocycles. The summed E-state index contributed by atoms with van der Waals surface area (Å²) in [5.74, 6) is 0. The van der Waals surface area contributed by atoms with Gasteiger partial charge in [0.05, 0.1) is 0 Å². The number of fused-ring (bicyclic) bond motifs is 1. The Bertz CT molecular complexity index is 1250. The number of anilines is 5. The largest absolute Gasteiger partial charge is 0.336 e. The number of benzene rings is 4. The van der Waals surface area contributed by atoms with Crippen LogP contribution in [-0.4, -0.2) is 5.54 Å². The molecule has 166 valence electrons. The van der Waals surface area contributed by atoms with Gasteiger partial charge in [-0.1, -0.05) is 56.3 Å². The minimum atomic E-state index is -0.0446. The lowest BCUT2D eigenvalue weighted by atomic mass is 10.0. The van der Waals surface area contributed by atoms with Gasteiger partial charge in [-0.05, 0) is 92.6 Å². The molecule has 0 aromatic heterocycles. The highest BCUT2D eigenvalue weighted by Gasteiger charge is 2.41. The Morgan fingerprint density at radius 3 is 1.52 bits per heavy atom. The van der Waals surface area contributed by atoms with Crippen LogP contribution in [0.15, 0.2) is 103 Å². The van der Waals surface area contributed by atoms with Crippen LogP contribution in [0.5, 0.6) is 0 Å². The first-order valence-corrected chi connectivity index (χ1v) is 11.7. The van der Waals surface area contributed by atoms with E-state index in [4.69, 9.17) is 0 Å². The minimum absolute atomic E-state index is 0.0446. The highest BCUT2D eigenvalue weighted by atomic mass is 15.2. The molecule has 0 N–H and O–H groups in total. The molecule has 0 saturated heterocycles. The van der Waals surface area contributed by atoms with E-state index < -0.39 is 0 Å². The first-order chi connectivity index (χ1) is 15.8. The Labute approximate surface area is 198 Å². The molecule has 33 heavy (non-hydrogen) atoms. The van der Waals surface area contributed by atoms with Crippen LogP contribution in [0.25, 0.3) is 0 Å². The number of para-hydroxylation sites is 2. The summed E-state index contributed by atoms with van der Waals surface area (Å²) in [5.41, 5.74) is 8.97. The molecule has 0 amide bonds. The van der Waals surface area contributed by atoms with Gasteiger partial charge in [-0.3, -0.25) is 0 Å². The molecule has 2 nitrogen and oxygen atoms in total. The number of nitrogens with zero attached hydrogens (tertiary/aromatic N) is 2. The number of hydrogen-bond acceptors (Lipinski definition) is 2. The molecule has 0 aliphatic heterocycles. The van der Waals surface area contributed by atoms with Crippen molar-refractivity contribution in [3.05, 3.63) is 114 Å². The van der Waals surface area contributed by atoms with Gasteiger partial charge >= 0.3 is 0 Å². The van der Waals surface area contributed by atoms with Gasteiger partial charge in [0.15, 0.2) is 0 Å². The Kier molecular flexibility index (Phi) is 5.05. The minimum Gasteiger partial charge on any atom is -0.336 e. The second kappa shape index (κ2) is 7.81. The van der Waals surface area contributed by atoms with Crippen molar-refractivity contribution in [2.24, 2.45) is 0 Å². The molecule has 4 aromatic carbocycles. The van der Waals surface area contributed by atoms with E-state index in [0.717, 1.165) is 5.69 Å². The molecule has 5 rings (SSSR count). The monoisotopic (exact) mass is 432 g/mol. The summed E-state index contributed by atoms with van der Waals surface area (Å²) < 4.78 is 0. The Morgan fingerprint density at radius 2 is 0.970 bits per heavy atom. The van der Waals surface area contributed by atoms with Gasteiger partial charge in [0.2, 0.25) is 0 Å². The average Bonchev–Trinajstić information content (AvgIpc) is 3.36. The molecule has 0 heterocycles. The molecule has 0 saturated carbocycles. The van der Waals surface area contributed by atoms with E-state index in [9.17, 15) is 0 Å². The van der Waals surface area contributed by atoms with Crippen LogP contribution >= 0.6 is 0 Å². The van der Waals surface area contributed by atoms with Crippen molar-refractivity contribution in [3.8, 4) is 0 Å². The van der Waals surface area contributed by atoms with Gasteiger partial charge < -0.3 is 9.80 Å². The number of hydrogen-bond donors (Lipinski definition) is 0. The summed E-state index contributed by atoms with van der Waals surface area (Å²) in [6, 6.07) is 37.1. The van der Waals surface area contributed by atoms with Crippen LogP contribution in [-0.2, 0) is 5.41 Å². The normalized spacial score (nSPS) is 13.8. The summed E-state index contributed by atoms with van der Waals surface area (Å²) in [7, 11) is 0. The van der Waals surface area contributed by atoms with Gasteiger partial charge in [0, 0.05) is 39.4 Å². The van der Waals surface area contributed by atoms with Crippen molar-refractivity contribution < 1.29 is 0 Å².